The molecule has 0 spiro atoms. The SMILES string of the molecule is CC(C)(C)OC(=O)N1CCC(NC(=O)c2ccc(F)cc2)[C@H](c2ccc(Cl)c(Cl)c2)C1. The van der Waals surface area contributed by atoms with Crippen molar-refractivity contribution >= 4 is 35.2 Å². The molecule has 2 aromatic carbocycles. The minimum Gasteiger partial charge on any atom is -0.444 e. The van der Waals surface area contributed by atoms with Gasteiger partial charge in [-0.15, -0.1) is 0 Å². The molecule has 1 unspecified atom stereocenters. The summed E-state index contributed by atoms with van der Waals surface area (Å²) in [6, 6.07) is 10.4. The van der Waals surface area contributed by atoms with E-state index in [0.29, 0.717) is 35.1 Å². The Balaban J connectivity index is 1.83. The van der Waals surface area contributed by atoms with Gasteiger partial charge in [0.05, 0.1) is 10.0 Å². The van der Waals surface area contributed by atoms with Crippen LogP contribution in [-0.2, 0) is 4.74 Å². The standard InChI is InChI=1S/C23H25Cl2FN2O3/c1-23(2,3)31-22(30)28-11-10-20(27-21(29)14-4-7-16(26)8-5-14)17(13-28)15-6-9-18(24)19(25)12-15/h4-9,12,17,20H,10-11,13H2,1-3H3,(H,27,29)/t17-,20?/m0/s1. The highest BCUT2D eigenvalue weighted by atomic mass is 35.5. The van der Waals surface area contributed by atoms with Crippen LogP contribution in [0.1, 0.15) is 49.0 Å². The summed E-state index contributed by atoms with van der Waals surface area (Å²) >= 11 is 12.3. The largest absolute Gasteiger partial charge is 0.444 e. The molecule has 0 saturated carbocycles. The highest BCUT2D eigenvalue weighted by Crippen LogP contribution is 2.32. The van der Waals surface area contributed by atoms with Crippen molar-refractivity contribution in [2.24, 2.45) is 0 Å². The van der Waals surface area contributed by atoms with Gasteiger partial charge in [-0.2, -0.15) is 0 Å². The van der Waals surface area contributed by atoms with Gasteiger partial charge in [0, 0.05) is 30.6 Å². The zero-order valence-corrected chi connectivity index (χ0v) is 19.1. The van der Waals surface area contributed by atoms with Crippen molar-refractivity contribution in [3.05, 3.63) is 69.5 Å². The number of hydrogen-bond donors (Lipinski definition) is 1. The highest BCUT2D eigenvalue weighted by Gasteiger charge is 2.35. The average molecular weight is 467 g/mol. The lowest BCUT2D eigenvalue weighted by Crippen LogP contribution is -2.52. The molecule has 2 aromatic rings. The second-order valence-corrected chi connectivity index (χ2v) is 9.40. The van der Waals surface area contributed by atoms with Crippen molar-refractivity contribution in [1.82, 2.24) is 10.2 Å². The first kappa shape index (κ1) is 23.4. The summed E-state index contributed by atoms with van der Waals surface area (Å²) in [5, 5.41) is 3.86. The van der Waals surface area contributed by atoms with Gasteiger partial charge in [-0.3, -0.25) is 4.79 Å². The Morgan fingerprint density at radius 1 is 1.10 bits per heavy atom. The summed E-state index contributed by atoms with van der Waals surface area (Å²) in [6.45, 7) is 6.23. The van der Waals surface area contributed by atoms with Crippen molar-refractivity contribution < 1.29 is 18.7 Å². The summed E-state index contributed by atoms with van der Waals surface area (Å²) < 4.78 is 18.7. The van der Waals surface area contributed by atoms with E-state index in [9.17, 15) is 14.0 Å². The van der Waals surface area contributed by atoms with Crippen molar-refractivity contribution in [2.75, 3.05) is 13.1 Å². The number of hydrogen-bond acceptors (Lipinski definition) is 3. The first-order valence-corrected chi connectivity index (χ1v) is 10.8. The summed E-state index contributed by atoms with van der Waals surface area (Å²) in [6.07, 6.45) is 0.123. The third-order valence-corrected chi connectivity index (χ3v) is 5.80. The Morgan fingerprint density at radius 3 is 2.39 bits per heavy atom. The molecular formula is C23H25Cl2FN2O3. The first-order valence-electron chi connectivity index (χ1n) is 10.0. The van der Waals surface area contributed by atoms with E-state index in [4.69, 9.17) is 27.9 Å². The van der Waals surface area contributed by atoms with Crippen molar-refractivity contribution in [3.63, 3.8) is 0 Å². The number of carbonyl (C=O) groups is 2. The van der Waals surface area contributed by atoms with E-state index in [1.165, 1.54) is 24.3 Å². The second-order valence-electron chi connectivity index (χ2n) is 8.58. The number of rotatable bonds is 3. The smallest absolute Gasteiger partial charge is 0.410 e. The summed E-state index contributed by atoms with van der Waals surface area (Å²) in [7, 11) is 0. The molecule has 1 saturated heterocycles. The summed E-state index contributed by atoms with van der Waals surface area (Å²) in [5.74, 6) is -0.933. The van der Waals surface area contributed by atoms with Crippen LogP contribution in [0.5, 0.6) is 0 Å². The number of carbonyl (C=O) groups excluding carboxylic acids is 2. The van der Waals surface area contributed by atoms with E-state index < -0.39 is 17.5 Å². The molecule has 166 valence electrons. The van der Waals surface area contributed by atoms with Gasteiger partial charge in [0.25, 0.3) is 5.91 Å². The maximum Gasteiger partial charge on any atom is 0.410 e. The number of benzene rings is 2. The molecule has 1 fully saturated rings. The monoisotopic (exact) mass is 466 g/mol. The number of amides is 2. The lowest BCUT2D eigenvalue weighted by Gasteiger charge is -2.39. The minimum atomic E-state index is -0.607. The van der Waals surface area contributed by atoms with Gasteiger partial charge in [0.2, 0.25) is 0 Å². The predicted octanol–water partition coefficient (Wildman–Crippen LogP) is 5.66. The van der Waals surface area contributed by atoms with E-state index >= 15 is 0 Å². The maximum atomic E-state index is 13.2. The van der Waals surface area contributed by atoms with Gasteiger partial charge in [-0.05, 0) is 69.2 Å². The molecule has 5 nitrogen and oxygen atoms in total. The molecule has 1 heterocycles. The van der Waals surface area contributed by atoms with Crippen LogP contribution in [0.2, 0.25) is 10.0 Å². The Morgan fingerprint density at radius 2 is 1.77 bits per heavy atom. The molecule has 3 rings (SSSR count). The zero-order valence-electron chi connectivity index (χ0n) is 17.6. The fourth-order valence-corrected chi connectivity index (χ4v) is 3.86. The van der Waals surface area contributed by atoms with Crippen LogP contribution >= 0.6 is 23.2 Å². The lowest BCUT2D eigenvalue weighted by molar-refractivity contribution is 0.0177. The van der Waals surface area contributed by atoms with Gasteiger partial charge in [-0.1, -0.05) is 29.3 Å². The Bertz CT molecular complexity index is 960. The van der Waals surface area contributed by atoms with Crippen LogP contribution in [0, 0.1) is 5.82 Å². The number of nitrogens with zero attached hydrogens (tertiary/aromatic N) is 1. The molecular weight excluding hydrogens is 442 g/mol. The highest BCUT2D eigenvalue weighted by molar-refractivity contribution is 6.42. The van der Waals surface area contributed by atoms with E-state index in [1.807, 2.05) is 26.8 Å². The fourth-order valence-electron chi connectivity index (χ4n) is 3.55. The molecule has 0 aromatic heterocycles. The average Bonchev–Trinajstić information content (AvgIpc) is 2.69. The van der Waals surface area contributed by atoms with Crippen molar-refractivity contribution in [3.8, 4) is 0 Å². The van der Waals surface area contributed by atoms with Crippen molar-refractivity contribution in [2.45, 2.75) is 44.8 Å². The predicted molar refractivity (Wildman–Crippen MR) is 119 cm³/mol. The minimum absolute atomic E-state index is 0.222. The quantitative estimate of drug-likeness (QED) is 0.634. The van der Waals surface area contributed by atoms with Gasteiger partial charge < -0.3 is 15.0 Å². The van der Waals surface area contributed by atoms with Crippen LogP contribution < -0.4 is 5.32 Å². The molecule has 0 bridgehead atoms. The number of ether oxygens (including phenoxy) is 1. The van der Waals surface area contributed by atoms with Crippen LogP contribution in [0.3, 0.4) is 0 Å². The Kier molecular flexibility index (Phi) is 7.12. The number of piperidine rings is 1. The topological polar surface area (TPSA) is 58.6 Å². The van der Waals surface area contributed by atoms with Gasteiger partial charge in [0.15, 0.2) is 0 Å². The van der Waals surface area contributed by atoms with Crippen LogP contribution in [0.25, 0.3) is 0 Å². The van der Waals surface area contributed by atoms with E-state index in [0.717, 1.165) is 5.56 Å². The summed E-state index contributed by atoms with van der Waals surface area (Å²) in [4.78, 5) is 27.0. The number of nitrogens with one attached hydrogen (secondary N) is 1. The molecule has 1 aliphatic heterocycles. The van der Waals surface area contributed by atoms with Crippen LogP contribution in [-0.4, -0.2) is 41.6 Å². The van der Waals surface area contributed by atoms with Crippen LogP contribution in [0.15, 0.2) is 42.5 Å². The molecule has 2 amide bonds. The number of halogens is 3. The molecule has 31 heavy (non-hydrogen) atoms. The van der Waals surface area contributed by atoms with E-state index in [2.05, 4.69) is 5.32 Å². The van der Waals surface area contributed by atoms with Gasteiger partial charge in [-0.25, -0.2) is 9.18 Å². The first-order chi connectivity index (χ1) is 14.5. The summed E-state index contributed by atoms with van der Waals surface area (Å²) in [5.41, 5.74) is 0.611. The van der Waals surface area contributed by atoms with Crippen LogP contribution in [0.4, 0.5) is 9.18 Å². The van der Waals surface area contributed by atoms with E-state index in [1.54, 1.807) is 17.0 Å². The van der Waals surface area contributed by atoms with Crippen molar-refractivity contribution in [1.29, 1.82) is 0 Å². The molecule has 0 radical (unpaired) electrons. The Hall–Kier alpha value is -2.31. The zero-order chi connectivity index (χ0) is 22.8. The lowest BCUT2D eigenvalue weighted by atomic mass is 9.86. The van der Waals surface area contributed by atoms with E-state index in [-0.39, 0.29) is 17.9 Å². The third-order valence-electron chi connectivity index (χ3n) is 5.06. The molecule has 2 atom stereocenters. The third kappa shape index (κ3) is 6.11. The molecule has 1 N–H and O–H groups in total. The van der Waals surface area contributed by atoms with Gasteiger partial charge in [0.1, 0.15) is 11.4 Å². The second kappa shape index (κ2) is 9.45. The normalized spacial score (nSPS) is 19.1. The Labute approximate surface area is 191 Å². The maximum absolute atomic E-state index is 13.2. The van der Waals surface area contributed by atoms with Gasteiger partial charge >= 0.3 is 6.09 Å². The fraction of sp³-hybridized carbons (Fsp3) is 0.391. The molecule has 8 heteroatoms. The molecule has 0 aliphatic carbocycles. The molecule has 1 aliphatic rings. The number of likely N-dealkylation sites (tertiary alicyclic amines) is 1.